The number of hydrogen-bond donors (Lipinski definition) is 0. The molecule has 2 aliphatic rings. The third kappa shape index (κ3) is 5.34. The molecular formula is C24H33N5O2. The van der Waals surface area contributed by atoms with E-state index in [9.17, 15) is 4.79 Å². The fourth-order valence-electron chi connectivity index (χ4n) is 4.47. The topological polar surface area (TPSA) is 61.8 Å². The average Bonchev–Trinajstić information content (AvgIpc) is 2.77. The zero-order valence-electron chi connectivity index (χ0n) is 18.8. The second-order valence-electron chi connectivity index (χ2n) is 8.85. The SMILES string of the molecule is Cc1ccnc(N2C[C@@H](C)N(C(=O)OC3CCN(Cc4ccccc4)CC3)C[C@H]2C)n1. The van der Waals surface area contributed by atoms with Gasteiger partial charge in [0.1, 0.15) is 6.10 Å². The first-order valence-corrected chi connectivity index (χ1v) is 11.3. The summed E-state index contributed by atoms with van der Waals surface area (Å²) in [5, 5.41) is 0. The number of rotatable bonds is 4. The molecule has 0 spiro atoms. The Morgan fingerprint density at radius 3 is 2.52 bits per heavy atom. The van der Waals surface area contributed by atoms with E-state index >= 15 is 0 Å². The fraction of sp³-hybridized carbons (Fsp3) is 0.542. The summed E-state index contributed by atoms with van der Waals surface area (Å²) < 4.78 is 5.92. The third-order valence-corrected chi connectivity index (χ3v) is 6.31. The molecule has 1 aromatic carbocycles. The lowest BCUT2D eigenvalue weighted by Crippen LogP contribution is -2.59. The summed E-state index contributed by atoms with van der Waals surface area (Å²) >= 11 is 0. The molecule has 0 N–H and O–H groups in total. The molecule has 2 fully saturated rings. The van der Waals surface area contributed by atoms with Crippen molar-refractivity contribution in [2.24, 2.45) is 0 Å². The lowest BCUT2D eigenvalue weighted by molar-refractivity contribution is 0.0165. The van der Waals surface area contributed by atoms with Crippen LogP contribution in [-0.4, -0.2) is 70.2 Å². The van der Waals surface area contributed by atoms with Gasteiger partial charge in [-0.3, -0.25) is 4.90 Å². The number of amides is 1. The van der Waals surface area contributed by atoms with E-state index in [2.05, 4.69) is 57.9 Å². The summed E-state index contributed by atoms with van der Waals surface area (Å²) in [5.74, 6) is 0.734. The number of anilines is 1. The zero-order chi connectivity index (χ0) is 21.8. The van der Waals surface area contributed by atoms with Gasteiger partial charge in [-0.25, -0.2) is 14.8 Å². The van der Waals surface area contributed by atoms with Crippen molar-refractivity contribution < 1.29 is 9.53 Å². The molecule has 1 amide bonds. The molecule has 2 aromatic rings. The number of nitrogens with zero attached hydrogens (tertiary/aromatic N) is 5. The molecule has 2 atom stereocenters. The van der Waals surface area contributed by atoms with Crippen LogP contribution in [0.4, 0.5) is 10.7 Å². The second-order valence-corrected chi connectivity index (χ2v) is 8.85. The Kier molecular flexibility index (Phi) is 6.70. The number of aromatic nitrogens is 2. The standard InChI is InChI=1S/C24H33N5O2/c1-18-9-12-25-23(26-18)28-15-20(3)29(16-19(28)2)24(30)31-22-10-13-27(14-11-22)17-21-7-5-4-6-8-21/h4-9,12,19-20,22H,10-11,13-17H2,1-3H3/t19-,20-/m1/s1. The molecule has 0 bridgehead atoms. The lowest BCUT2D eigenvalue weighted by atomic mass is 10.1. The minimum atomic E-state index is -0.189. The maximum absolute atomic E-state index is 12.9. The number of carbonyl (C=O) groups excluding carboxylic acids is 1. The molecule has 7 nitrogen and oxygen atoms in total. The normalized spacial score (nSPS) is 23.1. The van der Waals surface area contributed by atoms with E-state index in [-0.39, 0.29) is 24.3 Å². The number of hydrogen-bond acceptors (Lipinski definition) is 6. The van der Waals surface area contributed by atoms with Crippen molar-refractivity contribution in [2.45, 2.75) is 58.3 Å². The van der Waals surface area contributed by atoms with Crippen LogP contribution >= 0.6 is 0 Å². The predicted octanol–water partition coefficient (Wildman–Crippen LogP) is 3.49. The Bertz CT molecular complexity index is 869. The first kappa shape index (κ1) is 21.6. The van der Waals surface area contributed by atoms with Gasteiger partial charge >= 0.3 is 6.09 Å². The van der Waals surface area contributed by atoms with E-state index in [1.807, 2.05) is 24.0 Å². The summed E-state index contributed by atoms with van der Waals surface area (Å²) in [5.41, 5.74) is 2.28. The van der Waals surface area contributed by atoms with Gasteiger partial charge < -0.3 is 14.5 Å². The molecular weight excluding hydrogens is 390 g/mol. The van der Waals surface area contributed by atoms with E-state index in [0.717, 1.165) is 44.1 Å². The number of likely N-dealkylation sites (tertiary alicyclic amines) is 1. The van der Waals surface area contributed by atoms with Gasteiger partial charge in [0, 0.05) is 56.7 Å². The van der Waals surface area contributed by atoms with Crippen molar-refractivity contribution in [3.05, 3.63) is 53.9 Å². The summed E-state index contributed by atoms with van der Waals surface area (Å²) in [6, 6.07) is 12.6. The molecule has 166 valence electrons. The van der Waals surface area contributed by atoms with Crippen LogP contribution in [0.2, 0.25) is 0 Å². The Morgan fingerprint density at radius 2 is 1.81 bits per heavy atom. The predicted molar refractivity (Wildman–Crippen MR) is 121 cm³/mol. The highest BCUT2D eigenvalue weighted by atomic mass is 16.6. The van der Waals surface area contributed by atoms with Crippen LogP contribution in [-0.2, 0) is 11.3 Å². The maximum Gasteiger partial charge on any atom is 0.410 e. The Morgan fingerprint density at radius 1 is 1.06 bits per heavy atom. The van der Waals surface area contributed by atoms with Crippen molar-refractivity contribution >= 4 is 12.0 Å². The molecule has 0 unspecified atom stereocenters. The number of aryl methyl sites for hydroxylation is 1. The summed E-state index contributed by atoms with van der Waals surface area (Å²) in [7, 11) is 0. The molecule has 0 saturated carbocycles. The highest BCUT2D eigenvalue weighted by molar-refractivity contribution is 5.69. The molecule has 4 rings (SSSR count). The zero-order valence-corrected chi connectivity index (χ0v) is 18.8. The van der Waals surface area contributed by atoms with E-state index in [1.54, 1.807) is 6.20 Å². The number of piperazine rings is 1. The summed E-state index contributed by atoms with van der Waals surface area (Å²) in [6.07, 6.45) is 3.38. The second kappa shape index (κ2) is 9.64. The van der Waals surface area contributed by atoms with Crippen molar-refractivity contribution in [1.29, 1.82) is 0 Å². The minimum absolute atomic E-state index is 0.000153. The first-order chi connectivity index (χ1) is 15.0. The Labute approximate surface area is 185 Å². The highest BCUT2D eigenvalue weighted by Gasteiger charge is 2.35. The van der Waals surface area contributed by atoms with Gasteiger partial charge in [-0.15, -0.1) is 0 Å². The number of ether oxygens (including phenoxy) is 1. The molecule has 7 heteroatoms. The van der Waals surface area contributed by atoms with Gasteiger partial charge in [0.05, 0.1) is 0 Å². The third-order valence-electron chi connectivity index (χ3n) is 6.31. The molecule has 3 heterocycles. The van der Waals surface area contributed by atoms with Gasteiger partial charge in [0.2, 0.25) is 5.95 Å². The molecule has 31 heavy (non-hydrogen) atoms. The van der Waals surface area contributed by atoms with Crippen LogP contribution in [0.3, 0.4) is 0 Å². The van der Waals surface area contributed by atoms with Crippen LogP contribution < -0.4 is 4.90 Å². The quantitative estimate of drug-likeness (QED) is 0.750. The van der Waals surface area contributed by atoms with E-state index < -0.39 is 0 Å². The van der Waals surface area contributed by atoms with Gasteiger partial charge in [-0.1, -0.05) is 30.3 Å². The molecule has 1 aromatic heterocycles. The van der Waals surface area contributed by atoms with Crippen LogP contribution in [0.1, 0.15) is 37.9 Å². The fourth-order valence-corrected chi connectivity index (χ4v) is 4.47. The molecule has 0 radical (unpaired) electrons. The monoisotopic (exact) mass is 423 g/mol. The lowest BCUT2D eigenvalue weighted by Gasteiger charge is -2.44. The molecule has 0 aliphatic carbocycles. The summed E-state index contributed by atoms with van der Waals surface area (Å²) in [6.45, 7) is 10.3. The number of piperidine rings is 1. The van der Waals surface area contributed by atoms with Crippen molar-refractivity contribution in [1.82, 2.24) is 19.8 Å². The van der Waals surface area contributed by atoms with E-state index in [4.69, 9.17) is 4.74 Å². The van der Waals surface area contributed by atoms with E-state index in [0.29, 0.717) is 13.1 Å². The van der Waals surface area contributed by atoms with Crippen LogP contribution in [0, 0.1) is 6.92 Å². The number of benzene rings is 1. The average molecular weight is 424 g/mol. The first-order valence-electron chi connectivity index (χ1n) is 11.3. The number of carbonyl (C=O) groups is 1. The highest BCUT2D eigenvalue weighted by Crippen LogP contribution is 2.23. The van der Waals surface area contributed by atoms with Gasteiger partial charge in [-0.05, 0) is 45.2 Å². The maximum atomic E-state index is 12.9. The molecule has 2 saturated heterocycles. The van der Waals surface area contributed by atoms with Gasteiger partial charge in [-0.2, -0.15) is 0 Å². The van der Waals surface area contributed by atoms with Gasteiger partial charge in [0.25, 0.3) is 0 Å². The van der Waals surface area contributed by atoms with Crippen molar-refractivity contribution in [2.75, 3.05) is 31.1 Å². The van der Waals surface area contributed by atoms with Gasteiger partial charge in [0.15, 0.2) is 0 Å². The molecule has 2 aliphatic heterocycles. The van der Waals surface area contributed by atoms with Crippen LogP contribution in [0.25, 0.3) is 0 Å². The minimum Gasteiger partial charge on any atom is -0.446 e. The van der Waals surface area contributed by atoms with Crippen LogP contribution in [0.15, 0.2) is 42.6 Å². The van der Waals surface area contributed by atoms with E-state index in [1.165, 1.54) is 5.56 Å². The smallest absolute Gasteiger partial charge is 0.410 e. The Balaban J connectivity index is 1.27. The van der Waals surface area contributed by atoms with Crippen molar-refractivity contribution in [3.63, 3.8) is 0 Å². The Hall–Kier alpha value is -2.67. The summed E-state index contributed by atoms with van der Waals surface area (Å²) in [4.78, 5) is 28.4. The van der Waals surface area contributed by atoms with Crippen LogP contribution in [0.5, 0.6) is 0 Å². The largest absolute Gasteiger partial charge is 0.446 e. The van der Waals surface area contributed by atoms with Crippen molar-refractivity contribution in [3.8, 4) is 0 Å².